The average Bonchev–Trinajstić information content (AvgIpc) is 2.84. The minimum atomic E-state index is -6.00. The predicted octanol–water partition coefficient (Wildman–Crippen LogP) is 10.4. The molecule has 0 unspecified atom stereocenters. The van der Waals surface area contributed by atoms with Crippen molar-refractivity contribution in [1.82, 2.24) is 0 Å². The third kappa shape index (κ3) is 12.4. The van der Waals surface area contributed by atoms with Crippen LogP contribution in [-0.2, 0) is 39.0 Å². The van der Waals surface area contributed by atoms with Gasteiger partial charge >= 0.3 is 7.25 Å². The smallest absolute Gasteiger partial charge is 0.507 e. The summed E-state index contributed by atoms with van der Waals surface area (Å²) in [6.45, 7) is 26.0. The van der Waals surface area contributed by atoms with E-state index in [0.717, 1.165) is 47.9 Å². The van der Waals surface area contributed by atoms with Crippen molar-refractivity contribution < 1.29 is 44.8 Å². The zero-order valence-corrected chi connectivity index (χ0v) is 31.0. The van der Waals surface area contributed by atoms with Crippen LogP contribution < -0.4 is 0 Å². The minimum Gasteiger partial charge on any atom is -0.507 e. The van der Waals surface area contributed by atoms with E-state index in [2.05, 4.69) is 107 Å². The first kappa shape index (κ1) is 41.7. The average molecular weight is 686 g/mol. The van der Waals surface area contributed by atoms with E-state index in [1.54, 1.807) is 0 Å². The number of aliphatic imine (C=N–C) groups is 2. The first-order chi connectivity index (χ1) is 20.2. The standard InChI is InChI=1S/C36H54N2O2.BF4.Cr/c1-33(2,3)25-17-23(31(39)27(19-25)35(7,8)9)21-37-29-15-13-14-16-30(29)38-22-24-18-26(34(4,5)6)20-28(32(24)40)36(10,11)12;2-1(3,4)5;/h17-22,29-30,39-40H,13-16H2,1-12H3;;/q;-1;/t29-,30-;;/m1../s1. The number of halogens is 4. The number of rotatable bonds is 4. The summed E-state index contributed by atoms with van der Waals surface area (Å²) in [5, 5.41) is 22.5. The van der Waals surface area contributed by atoms with Gasteiger partial charge in [0.15, 0.2) is 0 Å². The summed E-state index contributed by atoms with van der Waals surface area (Å²) < 4.78 is 39.0. The van der Waals surface area contributed by atoms with Gasteiger partial charge in [0.2, 0.25) is 0 Å². The molecule has 0 saturated heterocycles. The predicted molar refractivity (Wildman–Crippen MR) is 182 cm³/mol. The molecule has 1 aliphatic rings. The summed E-state index contributed by atoms with van der Waals surface area (Å²) in [6, 6.07) is 8.53. The molecule has 0 aliphatic heterocycles. The fourth-order valence-electron chi connectivity index (χ4n) is 5.31. The Hall–Kier alpha value is -2.30. The number of phenols is 2. The number of hydrogen-bond donors (Lipinski definition) is 2. The van der Waals surface area contributed by atoms with E-state index in [1.165, 1.54) is 11.1 Å². The first-order valence-corrected chi connectivity index (χ1v) is 15.9. The molecule has 10 heteroatoms. The molecule has 0 radical (unpaired) electrons. The Morgan fingerprint density at radius 3 is 1.11 bits per heavy atom. The van der Waals surface area contributed by atoms with Crippen molar-refractivity contribution in [1.29, 1.82) is 0 Å². The molecule has 0 aromatic heterocycles. The Labute approximate surface area is 285 Å². The van der Waals surface area contributed by atoms with E-state index in [-0.39, 0.29) is 51.1 Å². The van der Waals surface area contributed by atoms with Crippen molar-refractivity contribution in [3.8, 4) is 11.5 Å². The van der Waals surface area contributed by atoms with Gasteiger partial charge in [0, 0.05) is 52.0 Å². The SMILES string of the molecule is CC(C)(C)c1cc(C=N[C@@H]2CCCC[C@H]2N=Cc2cc(C(C)(C)C)cc(C(C)(C)C)c2O)c(O)c(C(C)(C)C)c1.F[B-](F)(F)F.[Cr]. The second-order valence-corrected chi connectivity index (χ2v) is 16.4. The van der Waals surface area contributed by atoms with Gasteiger partial charge in [0.05, 0.1) is 12.1 Å². The number of phenolic OH excluding ortho intramolecular Hbond substituents is 2. The summed E-state index contributed by atoms with van der Waals surface area (Å²) in [4.78, 5) is 10.1. The van der Waals surface area contributed by atoms with Crippen molar-refractivity contribution in [3.63, 3.8) is 0 Å². The van der Waals surface area contributed by atoms with Gasteiger partial charge < -0.3 is 27.5 Å². The molecule has 2 aromatic rings. The van der Waals surface area contributed by atoms with Crippen LogP contribution in [0.25, 0.3) is 0 Å². The van der Waals surface area contributed by atoms with Crippen LogP contribution in [0.4, 0.5) is 17.3 Å². The Balaban J connectivity index is 0.00000163. The monoisotopic (exact) mass is 685 g/mol. The molecule has 1 aliphatic carbocycles. The molecule has 2 N–H and O–H groups in total. The summed E-state index contributed by atoms with van der Waals surface area (Å²) in [5.74, 6) is 0.637. The van der Waals surface area contributed by atoms with Crippen molar-refractivity contribution in [2.45, 2.75) is 143 Å². The van der Waals surface area contributed by atoms with Crippen LogP contribution in [0.3, 0.4) is 0 Å². The molecule has 0 heterocycles. The maximum atomic E-state index is 11.2. The van der Waals surface area contributed by atoms with Gasteiger partial charge in [0.1, 0.15) is 11.5 Å². The normalized spacial score (nSPS) is 18.3. The van der Waals surface area contributed by atoms with E-state index < -0.39 is 7.25 Å². The third-order valence-corrected chi connectivity index (χ3v) is 8.13. The summed E-state index contributed by atoms with van der Waals surface area (Å²) in [6.07, 6.45) is 7.90. The molecule has 0 bridgehead atoms. The Bertz CT molecular complexity index is 1270. The van der Waals surface area contributed by atoms with Gasteiger partial charge in [-0.15, -0.1) is 0 Å². The molecular weight excluding hydrogens is 631 g/mol. The van der Waals surface area contributed by atoms with Crippen LogP contribution in [0.1, 0.15) is 142 Å². The minimum absolute atomic E-state index is 0. The van der Waals surface area contributed by atoms with Gasteiger partial charge in [-0.25, -0.2) is 0 Å². The van der Waals surface area contributed by atoms with Gasteiger partial charge in [-0.1, -0.05) is 108 Å². The molecule has 46 heavy (non-hydrogen) atoms. The fourth-order valence-corrected chi connectivity index (χ4v) is 5.31. The zero-order chi connectivity index (χ0) is 34.8. The van der Waals surface area contributed by atoms with E-state index >= 15 is 0 Å². The van der Waals surface area contributed by atoms with Crippen LogP contribution in [0.2, 0.25) is 0 Å². The van der Waals surface area contributed by atoms with Crippen molar-refractivity contribution >= 4 is 19.7 Å². The molecule has 2 atom stereocenters. The number of aromatic hydroxyl groups is 2. The van der Waals surface area contributed by atoms with Gasteiger partial charge in [-0.05, 0) is 57.8 Å². The third-order valence-electron chi connectivity index (χ3n) is 8.13. The quantitative estimate of drug-likeness (QED) is 0.191. The first-order valence-electron chi connectivity index (χ1n) is 15.9. The number of benzene rings is 2. The maximum Gasteiger partial charge on any atom is 0.673 e. The van der Waals surface area contributed by atoms with Crippen molar-refractivity contribution in [2.24, 2.45) is 9.98 Å². The van der Waals surface area contributed by atoms with Crippen molar-refractivity contribution in [3.05, 3.63) is 57.6 Å². The van der Waals surface area contributed by atoms with Crippen LogP contribution in [0, 0.1) is 0 Å². The summed E-state index contributed by atoms with van der Waals surface area (Å²) >= 11 is 0. The molecule has 1 saturated carbocycles. The second-order valence-electron chi connectivity index (χ2n) is 16.4. The number of hydrogen-bond acceptors (Lipinski definition) is 4. The largest absolute Gasteiger partial charge is 0.673 e. The molecule has 2 aromatic carbocycles. The summed E-state index contributed by atoms with van der Waals surface area (Å²) in [7, 11) is -6.00. The van der Waals surface area contributed by atoms with E-state index in [9.17, 15) is 27.5 Å². The number of nitrogens with zero attached hydrogens (tertiary/aromatic N) is 2. The second kappa shape index (κ2) is 15.3. The van der Waals surface area contributed by atoms with Crippen LogP contribution >= 0.6 is 0 Å². The molecule has 1 fully saturated rings. The Morgan fingerprint density at radius 1 is 0.587 bits per heavy atom. The molecule has 258 valence electrons. The molecule has 0 amide bonds. The van der Waals surface area contributed by atoms with Crippen molar-refractivity contribution in [2.75, 3.05) is 0 Å². The molecule has 4 nitrogen and oxygen atoms in total. The Kier molecular flexibility index (Phi) is 13.9. The van der Waals surface area contributed by atoms with Crippen LogP contribution in [0.15, 0.2) is 34.3 Å². The van der Waals surface area contributed by atoms with Gasteiger partial charge in [-0.2, -0.15) is 0 Å². The molecule has 0 spiro atoms. The van der Waals surface area contributed by atoms with E-state index in [0.29, 0.717) is 11.5 Å². The fraction of sp³-hybridized carbons (Fsp3) is 0.611. The van der Waals surface area contributed by atoms with Crippen LogP contribution in [-0.4, -0.2) is 42.0 Å². The van der Waals surface area contributed by atoms with E-state index in [4.69, 9.17) is 9.98 Å². The van der Waals surface area contributed by atoms with Gasteiger partial charge in [0.25, 0.3) is 0 Å². The Morgan fingerprint density at radius 2 is 0.870 bits per heavy atom. The zero-order valence-electron chi connectivity index (χ0n) is 29.7. The summed E-state index contributed by atoms with van der Waals surface area (Å²) in [5.41, 5.74) is 5.39. The topological polar surface area (TPSA) is 65.2 Å². The van der Waals surface area contributed by atoms with Gasteiger partial charge in [-0.3, -0.25) is 9.98 Å². The maximum absolute atomic E-state index is 11.2. The molecular formula is C36H54BCrF4N2O2-. The van der Waals surface area contributed by atoms with E-state index in [1.807, 2.05) is 12.4 Å². The van der Waals surface area contributed by atoms with Crippen LogP contribution in [0.5, 0.6) is 11.5 Å². The molecule has 3 rings (SSSR count).